The van der Waals surface area contributed by atoms with E-state index in [-0.39, 0.29) is 0 Å². The van der Waals surface area contributed by atoms with Gasteiger partial charge < -0.3 is 19.6 Å². The van der Waals surface area contributed by atoms with Gasteiger partial charge in [-0.25, -0.2) is 0 Å². The molecule has 1 heterocycles. The minimum atomic E-state index is -0.797. The van der Waals surface area contributed by atoms with E-state index < -0.39 is 11.9 Å². The lowest BCUT2D eigenvalue weighted by Crippen LogP contribution is -2.33. The zero-order chi connectivity index (χ0) is 15.8. The first kappa shape index (κ1) is 17.8. The number of anilines is 1. The number of carboxylic acids is 1. The summed E-state index contributed by atoms with van der Waals surface area (Å²) in [5.74, 6) is -1.24. The number of rotatable bonds is 10. The SMILES string of the molecule is COCc1nnc(N(CCCN(C)C)CC(C)C(=O)O)s1. The van der Waals surface area contributed by atoms with Crippen molar-refractivity contribution in [3.8, 4) is 0 Å². The highest BCUT2D eigenvalue weighted by Crippen LogP contribution is 2.22. The average Bonchev–Trinajstić information content (AvgIpc) is 2.86. The lowest BCUT2D eigenvalue weighted by atomic mass is 10.1. The van der Waals surface area contributed by atoms with Crippen LogP contribution in [0.15, 0.2) is 0 Å². The van der Waals surface area contributed by atoms with Crippen LogP contribution in [0.5, 0.6) is 0 Å². The van der Waals surface area contributed by atoms with E-state index in [0.717, 1.165) is 29.6 Å². The molecule has 0 saturated heterocycles. The number of hydrogen-bond acceptors (Lipinski definition) is 7. The van der Waals surface area contributed by atoms with Gasteiger partial charge in [-0.1, -0.05) is 18.3 Å². The summed E-state index contributed by atoms with van der Waals surface area (Å²) < 4.78 is 5.04. The quantitative estimate of drug-likeness (QED) is 0.694. The second-order valence-electron chi connectivity index (χ2n) is 5.25. The zero-order valence-corrected chi connectivity index (χ0v) is 13.9. The molecule has 120 valence electrons. The topological polar surface area (TPSA) is 78.8 Å². The lowest BCUT2D eigenvalue weighted by Gasteiger charge is -2.24. The molecule has 0 amide bonds. The highest BCUT2D eigenvalue weighted by Gasteiger charge is 2.19. The van der Waals surface area contributed by atoms with Gasteiger partial charge in [-0.2, -0.15) is 0 Å². The molecule has 7 nitrogen and oxygen atoms in total. The molecule has 1 unspecified atom stereocenters. The van der Waals surface area contributed by atoms with Gasteiger partial charge in [0.1, 0.15) is 11.6 Å². The Kier molecular flexibility index (Phi) is 7.55. The molecule has 0 aliphatic heterocycles. The second kappa shape index (κ2) is 8.91. The number of aliphatic carboxylic acids is 1. The van der Waals surface area contributed by atoms with Crippen molar-refractivity contribution in [2.75, 3.05) is 45.7 Å². The summed E-state index contributed by atoms with van der Waals surface area (Å²) in [7, 11) is 5.65. The Morgan fingerprint density at radius 2 is 2.10 bits per heavy atom. The number of methoxy groups -OCH3 is 1. The number of ether oxygens (including phenoxy) is 1. The van der Waals surface area contributed by atoms with Crippen LogP contribution in [-0.4, -0.2) is 67.0 Å². The molecule has 0 bridgehead atoms. The van der Waals surface area contributed by atoms with E-state index in [1.165, 1.54) is 11.3 Å². The van der Waals surface area contributed by atoms with Crippen molar-refractivity contribution in [2.45, 2.75) is 20.0 Å². The summed E-state index contributed by atoms with van der Waals surface area (Å²) in [5.41, 5.74) is 0. The lowest BCUT2D eigenvalue weighted by molar-refractivity contribution is -0.140. The maximum Gasteiger partial charge on any atom is 0.308 e. The summed E-state index contributed by atoms with van der Waals surface area (Å²) in [6.45, 7) is 4.28. The molecule has 0 radical (unpaired) electrons. The first-order valence-electron chi connectivity index (χ1n) is 6.87. The molecule has 0 spiro atoms. The summed E-state index contributed by atoms with van der Waals surface area (Å²) in [6, 6.07) is 0. The fourth-order valence-electron chi connectivity index (χ4n) is 1.81. The predicted molar refractivity (Wildman–Crippen MR) is 82.8 cm³/mol. The van der Waals surface area contributed by atoms with Crippen LogP contribution < -0.4 is 4.90 Å². The maximum atomic E-state index is 11.1. The summed E-state index contributed by atoms with van der Waals surface area (Å²) >= 11 is 1.45. The first-order valence-corrected chi connectivity index (χ1v) is 7.69. The van der Waals surface area contributed by atoms with Gasteiger partial charge in [0.15, 0.2) is 0 Å². The third-order valence-corrected chi connectivity index (χ3v) is 3.90. The van der Waals surface area contributed by atoms with Gasteiger partial charge in [-0.15, -0.1) is 10.2 Å². The predicted octanol–water partition coefficient (Wildman–Crippen LogP) is 1.16. The van der Waals surface area contributed by atoms with Crippen LogP contribution in [0, 0.1) is 5.92 Å². The Morgan fingerprint density at radius 1 is 1.38 bits per heavy atom. The van der Waals surface area contributed by atoms with E-state index >= 15 is 0 Å². The van der Waals surface area contributed by atoms with Gasteiger partial charge in [0.05, 0.1) is 5.92 Å². The number of carbonyl (C=O) groups is 1. The molecule has 1 N–H and O–H groups in total. The summed E-state index contributed by atoms with van der Waals surface area (Å²) in [6.07, 6.45) is 0.943. The van der Waals surface area contributed by atoms with E-state index in [1.54, 1.807) is 14.0 Å². The molecule has 0 saturated carbocycles. The van der Waals surface area contributed by atoms with Crippen molar-refractivity contribution in [3.63, 3.8) is 0 Å². The van der Waals surface area contributed by atoms with Crippen LogP contribution in [-0.2, 0) is 16.1 Å². The van der Waals surface area contributed by atoms with Crippen molar-refractivity contribution in [3.05, 3.63) is 5.01 Å². The van der Waals surface area contributed by atoms with Crippen molar-refractivity contribution in [1.29, 1.82) is 0 Å². The summed E-state index contributed by atoms with van der Waals surface area (Å²) in [4.78, 5) is 15.2. The first-order chi connectivity index (χ1) is 9.93. The molecule has 21 heavy (non-hydrogen) atoms. The molecular weight excluding hydrogens is 292 g/mol. The molecule has 0 aliphatic carbocycles. The van der Waals surface area contributed by atoms with Crippen LogP contribution in [0.25, 0.3) is 0 Å². The van der Waals surface area contributed by atoms with E-state index in [1.807, 2.05) is 19.0 Å². The minimum Gasteiger partial charge on any atom is -0.481 e. The zero-order valence-electron chi connectivity index (χ0n) is 13.1. The van der Waals surface area contributed by atoms with Gasteiger partial charge in [-0.3, -0.25) is 4.79 Å². The molecule has 0 fully saturated rings. The molecule has 1 aromatic rings. The third kappa shape index (κ3) is 6.36. The van der Waals surface area contributed by atoms with Gasteiger partial charge in [0, 0.05) is 20.2 Å². The van der Waals surface area contributed by atoms with E-state index in [4.69, 9.17) is 9.84 Å². The van der Waals surface area contributed by atoms with Gasteiger partial charge in [0.25, 0.3) is 0 Å². The molecule has 1 aromatic heterocycles. The van der Waals surface area contributed by atoms with Crippen LogP contribution in [0.2, 0.25) is 0 Å². The fourth-order valence-corrected chi connectivity index (χ4v) is 2.65. The van der Waals surface area contributed by atoms with E-state index in [0.29, 0.717) is 13.2 Å². The number of hydrogen-bond donors (Lipinski definition) is 1. The smallest absolute Gasteiger partial charge is 0.308 e. The Balaban J connectivity index is 2.71. The number of nitrogens with zero attached hydrogens (tertiary/aromatic N) is 4. The monoisotopic (exact) mass is 316 g/mol. The van der Waals surface area contributed by atoms with Gasteiger partial charge in [0.2, 0.25) is 5.13 Å². The second-order valence-corrected chi connectivity index (χ2v) is 6.29. The number of aromatic nitrogens is 2. The maximum absolute atomic E-state index is 11.1. The average molecular weight is 316 g/mol. The molecule has 1 rings (SSSR count). The molecule has 8 heteroatoms. The molecular formula is C13H24N4O3S. The highest BCUT2D eigenvalue weighted by molar-refractivity contribution is 7.15. The van der Waals surface area contributed by atoms with Crippen LogP contribution in [0.1, 0.15) is 18.4 Å². The van der Waals surface area contributed by atoms with Crippen LogP contribution in [0.3, 0.4) is 0 Å². The molecule has 0 aromatic carbocycles. The minimum absolute atomic E-state index is 0.428. The van der Waals surface area contributed by atoms with Crippen LogP contribution >= 0.6 is 11.3 Å². The standard InChI is InChI=1S/C13H24N4O3S/c1-10(12(18)19)8-17(7-5-6-16(2)3)13-15-14-11(21-13)9-20-4/h10H,5-9H2,1-4H3,(H,18,19). The highest BCUT2D eigenvalue weighted by atomic mass is 32.1. The Labute approximate surface area is 129 Å². The largest absolute Gasteiger partial charge is 0.481 e. The normalized spacial score (nSPS) is 12.6. The van der Waals surface area contributed by atoms with Crippen LogP contribution in [0.4, 0.5) is 5.13 Å². The summed E-state index contributed by atoms with van der Waals surface area (Å²) in [5, 5.41) is 18.9. The number of carboxylic acid groups (broad SMARTS) is 1. The van der Waals surface area contributed by atoms with Crippen molar-refractivity contribution < 1.29 is 14.6 Å². The third-order valence-electron chi connectivity index (χ3n) is 2.94. The van der Waals surface area contributed by atoms with Crippen molar-refractivity contribution in [2.24, 2.45) is 5.92 Å². The van der Waals surface area contributed by atoms with Gasteiger partial charge >= 0.3 is 5.97 Å². The Hall–Kier alpha value is -1.25. The van der Waals surface area contributed by atoms with Gasteiger partial charge in [-0.05, 0) is 27.1 Å². The fraction of sp³-hybridized carbons (Fsp3) is 0.769. The van der Waals surface area contributed by atoms with Crippen molar-refractivity contribution in [1.82, 2.24) is 15.1 Å². The Morgan fingerprint density at radius 3 is 2.67 bits per heavy atom. The van der Waals surface area contributed by atoms with E-state index in [9.17, 15) is 4.79 Å². The van der Waals surface area contributed by atoms with E-state index in [2.05, 4.69) is 15.1 Å². The molecule has 1 atom stereocenters. The Bertz CT molecular complexity index is 439. The molecule has 0 aliphatic rings. The van der Waals surface area contributed by atoms with Crippen molar-refractivity contribution >= 4 is 22.4 Å².